The first-order valence-corrected chi connectivity index (χ1v) is 18.8. The van der Waals surface area contributed by atoms with Crippen molar-refractivity contribution in [2.45, 2.75) is 36.3 Å². The summed E-state index contributed by atoms with van der Waals surface area (Å²) in [5.74, 6) is 1.35. The van der Waals surface area contributed by atoms with Crippen LogP contribution in [0.5, 0.6) is 0 Å². The highest BCUT2D eigenvalue weighted by Crippen LogP contribution is 2.62. The van der Waals surface area contributed by atoms with E-state index < -0.39 is 5.41 Å². The Morgan fingerprint density at radius 2 is 1.29 bits per heavy atom. The van der Waals surface area contributed by atoms with E-state index in [4.69, 9.17) is 0 Å². The number of hydrogen-bond acceptors (Lipinski definition) is 1. The van der Waals surface area contributed by atoms with E-state index in [1.54, 1.807) is 0 Å². The molecule has 4 unspecified atom stereocenters. The van der Waals surface area contributed by atoms with Crippen LogP contribution in [0.4, 0.5) is 0 Å². The average Bonchev–Trinajstić information content (AvgIpc) is 3.67. The number of likely N-dealkylation sites (N-methyl/N-ethyl adjacent to an activating group) is 1. The van der Waals surface area contributed by atoms with Crippen LogP contribution in [0.3, 0.4) is 0 Å². The quantitative estimate of drug-likeness (QED) is 0.180. The lowest BCUT2D eigenvalue weighted by atomic mass is 9.55. The van der Waals surface area contributed by atoms with Crippen LogP contribution < -0.4 is 0 Å². The lowest BCUT2D eigenvalue weighted by Crippen LogP contribution is -2.64. The molecule has 0 N–H and O–H groups in total. The highest BCUT2D eigenvalue weighted by atomic mass is 15.2. The van der Waals surface area contributed by atoms with Crippen molar-refractivity contribution in [2.24, 2.45) is 11.8 Å². The van der Waals surface area contributed by atoms with Gasteiger partial charge in [-0.1, -0.05) is 146 Å². The molecule has 3 aliphatic carbocycles. The van der Waals surface area contributed by atoms with Crippen LogP contribution in [0, 0.1) is 11.8 Å². The molecule has 12 rings (SSSR count). The lowest BCUT2D eigenvalue weighted by molar-refractivity contribution is -0.103. The minimum Gasteiger partial charge on any atom is -0.309 e. The van der Waals surface area contributed by atoms with Gasteiger partial charge in [0.15, 0.2) is 0 Å². The maximum absolute atomic E-state index is 2.71. The summed E-state index contributed by atoms with van der Waals surface area (Å²) in [5.41, 5.74) is 15.8. The summed E-state index contributed by atoms with van der Waals surface area (Å²) in [6.07, 6.45) is 13.2. The molecule has 0 radical (unpaired) electrons. The van der Waals surface area contributed by atoms with E-state index >= 15 is 0 Å². The van der Waals surface area contributed by atoms with Gasteiger partial charge in [0, 0.05) is 22.4 Å². The maximum Gasteiger partial charge on any atom is 0.0754 e. The number of allylic oxidation sites excluding steroid dienone is 2. The standard InChI is InChI=1S/C49H38N2/c1-50-44-19-8-2-11-33(44)29-35-27-28-48(35,50)34-24-21-31(22-25-34)32-23-26-42-46(30-32)51-45-20-9-5-14-38(45)39-15-10-18-43(47(39)51)49(42)40-16-6-3-12-36(40)37-13-4-7-17-41(37)49/h2-26,30,33,35,44H,27-29H2,1H3. The van der Waals surface area contributed by atoms with Gasteiger partial charge in [-0.3, -0.25) is 4.90 Å². The molecule has 1 aromatic heterocycles. The SMILES string of the molecule is CN1C2C=CC=CC2CC2CCC21c1ccc(-c2ccc3c(c2)-n2c4ccccc4c4cccc(c42)C32c3ccccc3-c3ccccc32)cc1. The molecule has 244 valence electrons. The van der Waals surface area contributed by atoms with Gasteiger partial charge in [0.05, 0.1) is 22.1 Å². The zero-order valence-electron chi connectivity index (χ0n) is 28.8. The summed E-state index contributed by atoms with van der Waals surface area (Å²) in [4.78, 5) is 2.71. The van der Waals surface area contributed by atoms with Gasteiger partial charge >= 0.3 is 0 Å². The van der Waals surface area contributed by atoms with E-state index in [1.807, 2.05) is 0 Å². The second-order valence-corrected chi connectivity index (χ2v) is 15.6. The molecule has 2 aliphatic heterocycles. The van der Waals surface area contributed by atoms with Crippen molar-refractivity contribution in [3.8, 4) is 27.9 Å². The molecule has 0 amide bonds. The highest BCUT2D eigenvalue weighted by molar-refractivity contribution is 6.13. The molecular formula is C49H38N2. The molecule has 7 aromatic rings. The van der Waals surface area contributed by atoms with Crippen LogP contribution in [-0.4, -0.2) is 22.6 Å². The van der Waals surface area contributed by atoms with Gasteiger partial charge in [0.1, 0.15) is 0 Å². The van der Waals surface area contributed by atoms with Gasteiger partial charge in [-0.25, -0.2) is 0 Å². The predicted molar refractivity (Wildman–Crippen MR) is 209 cm³/mol. The summed E-state index contributed by atoms with van der Waals surface area (Å²) < 4.78 is 2.57. The van der Waals surface area contributed by atoms with Gasteiger partial charge in [0.25, 0.3) is 0 Å². The minimum atomic E-state index is -0.403. The summed E-state index contributed by atoms with van der Waals surface area (Å²) in [6.45, 7) is 0. The summed E-state index contributed by atoms with van der Waals surface area (Å²) in [6, 6.07) is 51.7. The summed E-state index contributed by atoms with van der Waals surface area (Å²) >= 11 is 0. The Morgan fingerprint density at radius 3 is 2.08 bits per heavy atom. The minimum absolute atomic E-state index is 0.139. The first-order chi connectivity index (χ1) is 25.2. The van der Waals surface area contributed by atoms with Crippen molar-refractivity contribution >= 4 is 21.8 Å². The van der Waals surface area contributed by atoms with E-state index in [0.29, 0.717) is 17.9 Å². The van der Waals surface area contributed by atoms with Crippen LogP contribution in [0.2, 0.25) is 0 Å². The van der Waals surface area contributed by atoms with Crippen molar-refractivity contribution in [1.29, 1.82) is 0 Å². The Labute approximate surface area is 299 Å². The van der Waals surface area contributed by atoms with Crippen molar-refractivity contribution in [2.75, 3.05) is 7.05 Å². The van der Waals surface area contributed by atoms with Gasteiger partial charge in [-0.2, -0.15) is 0 Å². The average molecular weight is 655 g/mol. The molecule has 1 spiro atoms. The number of piperidine rings is 1. The van der Waals surface area contributed by atoms with E-state index in [9.17, 15) is 0 Å². The number of hydrogen-bond donors (Lipinski definition) is 0. The van der Waals surface area contributed by atoms with Gasteiger partial charge in [-0.05, 0) is 100 Å². The second kappa shape index (κ2) is 9.87. The molecule has 5 aliphatic rings. The molecule has 1 saturated carbocycles. The number of rotatable bonds is 2. The van der Waals surface area contributed by atoms with Crippen molar-refractivity contribution in [3.05, 3.63) is 186 Å². The predicted octanol–water partition coefficient (Wildman–Crippen LogP) is 11.2. The first-order valence-electron chi connectivity index (χ1n) is 18.8. The molecule has 51 heavy (non-hydrogen) atoms. The lowest BCUT2D eigenvalue weighted by Gasteiger charge is -2.63. The van der Waals surface area contributed by atoms with Crippen molar-refractivity contribution in [3.63, 3.8) is 0 Å². The molecule has 2 fully saturated rings. The van der Waals surface area contributed by atoms with Crippen LogP contribution in [0.25, 0.3) is 49.7 Å². The number of aromatic nitrogens is 1. The zero-order valence-corrected chi connectivity index (χ0v) is 28.8. The van der Waals surface area contributed by atoms with E-state index in [1.165, 1.54) is 96.8 Å². The maximum atomic E-state index is 2.71. The largest absolute Gasteiger partial charge is 0.309 e. The molecule has 2 heteroatoms. The first kappa shape index (κ1) is 28.3. The van der Waals surface area contributed by atoms with Crippen LogP contribution >= 0.6 is 0 Å². The molecule has 0 bridgehead atoms. The number of fused-ring (bicyclic) bond motifs is 14. The van der Waals surface area contributed by atoms with Crippen LogP contribution in [0.1, 0.15) is 47.1 Å². The number of nitrogens with zero attached hydrogens (tertiary/aromatic N) is 2. The fourth-order valence-corrected chi connectivity index (χ4v) is 11.5. The Hall–Kier alpha value is -5.44. The number of benzene rings is 6. The summed E-state index contributed by atoms with van der Waals surface area (Å²) in [7, 11) is 2.37. The molecular weight excluding hydrogens is 617 g/mol. The van der Waals surface area contributed by atoms with Crippen molar-refractivity contribution < 1.29 is 0 Å². The van der Waals surface area contributed by atoms with Crippen LogP contribution in [-0.2, 0) is 11.0 Å². The molecule has 4 atom stereocenters. The Morgan fingerprint density at radius 1 is 0.608 bits per heavy atom. The van der Waals surface area contributed by atoms with Gasteiger partial charge in [-0.15, -0.1) is 0 Å². The smallest absolute Gasteiger partial charge is 0.0754 e. The Balaban J connectivity index is 1.07. The van der Waals surface area contributed by atoms with E-state index in [0.717, 1.165) is 0 Å². The van der Waals surface area contributed by atoms with Gasteiger partial charge in [0.2, 0.25) is 0 Å². The monoisotopic (exact) mass is 654 g/mol. The van der Waals surface area contributed by atoms with E-state index in [-0.39, 0.29) is 5.54 Å². The fraction of sp³-hybridized carbons (Fsp3) is 0.184. The van der Waals surface area contributed by atoms with Crippen molar-refractivity contribution in [1.82, 2.24) is 9.47 Å². The molecule has 2 nitrogen and oxygen atoms in total. The Bertz CT molecular complexity index is 2620. The number of likely N-dealkylation sites (tertiary alicyclic amines) is 1. The molecule has 6 aromatic carbocycles. The third-order valence-corrected chi connectivity index (χ3v) is 13.8. The van der Waals surface area contributed by atoms with Crippen LogP contribution in [0.15, 0.2) is 158 Å². The molecule has 1 saturated heterocycles. The number of para-hydroxylation sites is 2. The third kappa shape index (κ3) is 3.34. The topological polar surface area (TPSA) is 8.17 Å². The third-order valence-electron chi connectivity index (χ3n) is 13.8. The highest BCUT2D eigenvalue weighted by Gasteiger charge is 2.57. The Kier molecular flexibility index (Phi) is 5.47. The van der Waals surface area contributed by atoms with Gasteiger partial charge < -0.3 is 4.57 Å². The van der Waals surface area contributed by atoms with E-state index in [2.05, 4.69) is 174 Å². The second-order valence-electron chi connectivity index (χ2n) is 15.6. The molecule has 3 heterocycles. The zero-order chi connectivity index (χ0) is 33.5. The summed E-state index contributed by atoms with van der Waals surface area (Å²) in [5, 5.41) is 2.63. The fourth-order valence-electron chi connectivity index (χ4n) is 11.5. The normalized spacial score (nSPS) is 24.5.